The Kier molecular flexibility index (Phi) is 4.16. The summed E-state index contributed by atoms with van der Waals surface area (Å²) in [5.41, 5.74) is 2.15. The first kappa shape index (κ1) is 13.5. The summed E-state index contributed by atoms with van der Waals surface area (Å²) in [6, 6.07) is 12.2. The van der Waals surface area contributed by atoms with E-state index in [0.29, 0.717) is 22.2 Å². The normalized spacial score (nSPS) is 9.95. The van der Waals surface area contributed by atoms with Crippen molar-refractivity contribution in [1.82, 2.24) is 0 Å². The maximum absolute atomic E-state index is 9.32. The summed E-state index contributed by atoms with van der Waals surface area (Å²) in [4.78, 5) is 0. The molecule has 0 bridgehead atoms. The molecule has 0 fully saturated rings. The van der Waals surface area contributed by atoms with Crippen molar-refractivity contribution in [3.8, 4) is 11.8 Å². The average molecular weight is 293 g/mol. The van der Waals surface area contributed by atoms with Gasteiger partial charge in [0, 0.05) is 12.2 Å². The Labute approximate surface area is 121 Å². The van der Waals surface area contributed by atoms with E-state index < -0.39 is 0 Å². The number of rotatable bonds is 3. The lowest BCUT2D eigenvalue weighted by Crippen LogP contribution is -1.99. The summed E-state index contributed by atoms with van der Waals surface area (Å²) < 4.78 is 0. The fourth-order valence-corrected chi connectivity index (χ4v) is 1.95. The Bertz CT molecular complexity index is 650. The van der Waals surface area contributed by atoms with E-state index in [9.17, 15) is 5.11 Å². The summed E-state index contributed by atoms with van der Waals surface area (Å²) in [6.07, 6.45) is 0. The Morgan fingerprint density at radius 2 is 1.89 bits per heavy atom. The maximum atomic E-state index is 9.32. The predicted molar refractivity (Wildman–Crippen MR) is 76.6 cm³/mol. The highest BCUT2D eigenvalue weighted by Gasteiger charge is 2.03. The van der Waals surface area contributed by atoms with Gasteiger partial charge in [-0.3, -0.25) is 0 Å². The lowest BCUT2D eigenvalue weighted by molar-refractivity contribution is 0.475. The summed E-state index contributed by atoms with van der Waals surface area (Å²) in [7, 11) is 0. The van der Waals surface area contributed by atoms with Crippen LogP contribution in [0, 0.1) is 11.3 Å². The van der Waals surface area contributed by atoms with Crippen LogP contribution in [-0.2, 0) is 6.54 Å². The maximum Gasteiger partial charge on any atom is 0.134 e. The molecule has 0 atom stereocenters. The van der Waals surface area contributed by atoms with Crippen LogP contribution < -0.4 is 5.32 Å². The molecule has 5 heteroatoms. The van der Waals surface area contributed by atoms with Crippen LogP contribution in [0.1, 0.15) is 11.1 Å². The van der Waals surface area contributed by atoms with Gasteiger partial charge >= 0.3 is 0 Å². The minimum absolute atomic E-state index is 0.0590. The van der Waals surface area contributed by atoms with E-state index in [4.69, 9.17) is 28.5 Å². The Balaban J connectivity index is 2.10. The SMILES string of the molecule is N#Cc1cc(NCc2ccc(O)c(Cl)c2)ccc1Cl. The number of nitrogens with one attached hydrogen (secondary N) is 1. The van der Waals surface area contributed by atoms with Crippen LogP contribution in [0.5, 0.6) is 5.75 Å². The average Bonchev–Trinajstić information content (AvgIpc) is 2.41. The van der Waals surface area contributed by atoms with E-state index in [-0.39, 0.29) is 5.75 Å². The molecular weight excluding hydrogens is 283 g/mol. The molecule has 19 heavy (non-hydrogen) atoms. The number of anilines is 1. The van der Waals surface area contributed by atoms with Crippen molar-refractivity contribution in [1.29, 1.82) is 5.26 Å². The van der Waals surface area contributed by atoms with Gasteiger partial charge in [0.25, 0.3) is 0 Å². The molecule has 0 aliphatic carbocycles. The van der Waals surface area contributed by atoms with Gasteiger partial charge in [-0.15, -0.1) is 0 Å². The first-order valence-electron chi connectivity index (χ1n) is 5.51. The van der Waals surface area contributed by atoms with Gasteiger partial charge in [0.15, 0.2) is 0 Å². The smallest absolute Gasteiger partial charge is 0.134 e. The minimum Gasteiger partial charge on any atom is -0.506 e. The van der Waals surface area contributed by atoms with Crippen molar-refractivity contribution in [2.45, 2.75) is 6.54 Å². The van der Waals surface area contributed by atoms with Crippen LogP contribution in [0.25, 0.3) is 0 Å². The highest BCUT2D eigenvalue weighted by molar-refractivity contribution is 6.32. The molecular formula is C14H10Cl2N2O. The molecule has 3 nitrogen and oxygen atoms in total. The highest BCUT2D eigenvalue weighted by Crippen LogP contribution is 2.24. The number of phenolic OH excluding ortho intramolecular Hbond substituents is 1. The Morgan fingerprint density at radius 3 is 2.58 bits per heavy atom. The molecule has 2 N–H and O–H groups in total. The Morgan fingerprint density at radius 1 is 1.11 bits per heavy atom. The number of aromatic hydroxyl groups is 1. The lowest BCUT2D eigenvalue weighted by Gasteiger charge is -2.08. The molecule has 0 aromatic heterocycles. The van der Waals surface area contributed by atoms with Gasteiger partial charge in [0.1, 0.15) is 11.8 Å². The van der Waals surface area contributed by atoms with Crippen molar-refractivity contribution in [3.05, 3.63) is 57.6 Å². The third-order valence-electron chi connectivity index (χ3n) is 2.60. The topological polar surface area (TPSA) is 56.0 Å². The fourth-order valence-electron chi connectivity index (χ4n) is 1.59. The summed E-state index contributed by atoms with van der Waals surface area (Å²) in [6.45, 7) is 0.534. The fraction of sp³-hybridized carbons (Fsp3) is 0.0714. The summed E-state index contributed by atoms with van der Waals surface area (Å²) in [5, 5.41) is 22.1. The molecule has 2 aromatic rings. The summed E-state index contributed by atoms with van der Waals surface area (Å²) >= 11 is 11.7. The number of phenols is 1. The quantitative estimate of drug-likeness (QED) is 0.892. The number of nitriles is 1. The largest absolute Gasteiger partial charge is 0.506 e. The van der Waals surface area contributed by atoms with Gasteiger partial charge in [-0.05, 0) is 35.9 Å². The molecule has 0 saturated carbocycles. The Hall–Kier alpha value is -1.89. The van der Waals surface area contributed by atoms with Crippen molar-refractivity contribution < 1.29 is 5.11 Å². The molecule has 0 amide bonds. The molecule has 0 heterocycles. The number of nitrogens with zero attached hydrogens (tertiary/aromatic N) is 1. The van der Waals surface area contributed by atoms with Gasteiger partial charge in [0.05, 0.1) is 15.6 Å². The van der Waals surface area contributed by atoms with E-state index in [1.807, 2.05) is 6.07 Å². The zero-order valence-corrected chi connectivity index (χ0v) is 11.3. The minimum atomic E-state index is 0.0590. The van der Waals surface area contributed by atoms with Gasteiger partial charge < -0.3 is 10.4 Å². The van der Waals surface area contributed by atoms with Crippen molar-refractivity contribution in [2.24, 2.45) is 0 Å². The molecule has 0 saturated heterocycles. The standard InChI is InChI=1S/C14H10Cl2N2O/c15-12-3-2-11(6-10(12)7-17)18-8-9-1-4-14(19)13(16)5-9/h1-6,18-19H,8H2. The van der Waals surface area contributed by atoms with Crippen molar-refractivity contribution in [2.75, 3.05) is 5.32 Å². The van der Waals surface area contributed by atoms with Gasteiger partial charge in [-0.25, -0.2) is 0 Å². The molecule has 2 aromatic carbocycles. The lowest BCUT2D eigenvalue weighted by atomic mass is 10.2. The van der Waals surface area contributed by atoms with Gasteiger partial charge in [0.2, 0.25) is 0 Å². The molecule has 0 unspecified atom stereocenters. The molecule has 0 spiro atoms. The van der Waals surface area contributed by atoms with Crippen LogP contribution in [0.2, 0.25) is 10.0 Å². The van der Waals surface area contributed by atoms with Crippen LogP contribution in [0.3, 0.4) is 0 Å². The number of halogens is 2. The van der Waals surface area contributed by atoms with E-state index in [1.165, 1.54) is 0 Å². The zero-order chi connectivity index (χ0) is 13.8. The number of hydrogen-bond donors (Lipinski definition) is 2. The molecule has 2 rings (SSSR count). The summed E-state index contributed by atoms with van der Waals surface area (Å²) in [5.74, 6) is 0.0590. The second kappa shape index (κ2) is 5.83. The second-order valence-electron chi connectivity index (χ2n) is 3.95. The first-order chi connectivity index (χ1) is 9.10. The zero-order valence-electron chi connectivity index (χ0n) is 9.82. The number of benzene rings is 2. The third-order valence-corrected chi connectivity index (χ3v) is 3.23. The molecule has 0 radical (unpaired) electrons. The predicted octanol–water partition coefficient (Wildman–Crippen LogP) is 4.18. The van der Waals surface area contributed by atoms with E-state index in [1.54, 1.807) is 36.4 Å². The third kappa shape index (κ3) is 3.31. The van der Waals surface area contributed by atoms with Crippen molar-refractivity contribution in [3.63, 3.8) is 0 Å². The molecule has 96 valence electrons. The monoisotopic (exact) mass is 292 g/mol. The van der Waals surface area contributed by atoms with Crippen LogP contribution >= 0.6 is 23.2 Å². The van der Waals surface area contributed by atoms with Crippen LogP contribution in [0.15, 0.2) is 36.4 Å². The van der Waals surface area contributed by atoms with Crippen LogP contribution in [-0.4, -0.2) is 5.11 Å². The van der Waals surface area contributed by atoms with E-state index >= 15 is 0 Å². The van der Waals surface area contributed by atoms with Gasteiger partial charge in [-0.1, -0.05) is 29.3 Å². The number of hydrogen-bond acceptors (Lipinski definition) is 3. The molecule has 0 aliphatic heterocycles. The second-order valence-corrected chi connectivity index (χ2v) is 4.76. The molecule has 0 aliphatic rings. The van der Waals surface area contributed by atoms with E-state index in [2.05, 4.69) is 5.32 Å². The first-order valence-corrected chi connectivity index (χ1v) is 6.26. The van der Waals surface area contributed by atoms with Crippen LogP contribution in [0.4, 0.5) is 5.69 Å². The van der Waals surface area contributed by atoms with Gasteiger partial charge in [-0.2, -0.15) is 5.26 Å². The highest BCUT2D eigenvalue weighted by atomic mass is 35.5. The van der Waals surface area contributed by atoms with E-state index in [0.717, 1.165) is 11.3 Å². The van der Waals surface area contributed by atoms with Crippen molar-refractivity contribution >= 4 is 28.9 Å².